The number of ether oxygens (including phenoxy) is 1. The summed E-state index contributed by atoms with van der Waals surface area (Å²) in [6.45, 7) is 5.14. The minimum atomic E-state index is -3.71. The fourth-order valence-corrected chi connectivity index (χ4v) is 6.15. The Morgan fingerprint density at radius 3 is 2.44 bits per heavy atom. The molecule has 1 aliphatic rings. The van der Waals surface area contributed by atoms with Crippen molar-refractivity contribution in [2.75, 3.05) is 33.3 Å². The van der Waals surface area contributed by atoms with E-state index in [9.17, 15) is 18.0 Å². The maximum atomic E-state index is 13.4. The Labute approximate surface area is 199 Å². The van der Waals surface area contributed by atoms with Crippen molar-refractivity contribution in [2.24, 2.45) is 0 Å². The summed E-state index contributed by atoms with van der Waals surface area (Å²) in [6.07, 6.45) is 1.24. The lowest BCUT2D eigenvalue weighted by atomic mass is 10.0. The van der Waals surface area contributed by atoms with E-state index < -0.39 is 10.0 Å². The minimum absolute atomic E-state index is 0.0241. The number of amides is 1. The number of likely N-dealkylation sites (tertiary alicyclic amines) is 1. The molecule has 2 heterocycles. The molecule has 182 valence electrons. The van der Waals surface area contributed by atoms with Crippen LogP contribution >= 0.6 is 0 Å². The zero-order valence-electron chi connectivity index (χ0n) is 19.7. The fraction of sp³-hybridized carbons (Fsp3) is 0.417. The quantitative estimate of drug-likeness (QED) is 0.553. The third-order valence-electron chi connectivity index (χ3n) is 6.49. The highest BCUT2D eigenvalue weighted by Crippen LogP contribution is 2.29. The number of benzene rings is 2. The van der Waals surface area contributed by atoms with Crippen LogP contribution in [-0.4, -0.2) is 66.4 Å². The van der Waals surface area contributed by atoms with Crippen LogP contribution in [0.4, 0.5) is 0 Å². The zero-order valence-corrected chi connectivity index (χ0v) is 20.5. The molecule has 1 saturated heterocycles. The van der Waals surface area contributed by atoms with Gasteiger partial charge in [0.1, 0.15) is 5.75 Å². The van der Waals surface area contributed by atoms with Crippen LogP contribution in [0.5, 0.6) is 5.75 Å². The minimum Gasteiger partial charge on any atom is -0.496 e. The average molecular weight is 487 g/mol. The number of aromatic nitrogens is 2. The number of fused-ring (bicyclic) bond motifs is 1. The predicted octanol–water partition coefficient (Wildman–Crippen LogP) is 2.85. The third-order valence-corrected chi connectivity index (χ3v) is 8.53. The summed E-state index contributed by atoms with van der Waals surface area (Å²) in [5.41, 5.74) is 1.72. The van der Waals surface area contributed by atoms with Gasteiger partial charge in [-0.05, 0) is 43.2 Å². The van der Waals surface area contributed by atoms with Gasteiger partial charge in [0.05, 0.1) is 28.6 Å². The molecule has 0 spiro atoms. The second-order valence-corrected chi connectivity index (χ2v) is 10.2. The maximum absolute atomic E-state index is 13.4. The Balaban J connectivity index is 1.57. The van der Waals surface area contributed by atoms with Gasteiger partial charge in [-0.1, -0.05) is 26.0 Å². The van der Waals surface area contributed by atoms with E-state index in [1.54, 1.807) is 23.3 Å². The molecule has 0 aliphatic carbocycles. The van der Waals surface area contributed by atoms with Crippen LogP contribution < -0.4 is 10.4 Å². The van der Waals surface area contributed by atoms with Gasteiger partial charge in [0, 0.05) is 32.2 Å². The molecule has 34 heavy (non-hydrogen) atoms. The number of carbonyl (C=O) groups excluding carboxylic acids is 1. The van der Waals surface area contributed by atoms with Crippen LogP contribution in [0.1, 0.15) is 43.1 Å². The van der Waals surface area contributed by atoms with E-state index in [0.717, 1.165) is 11.0 Å². The summed E-state index contributed by atoms with van der Waals surface area (Å²) >= 11 is 0. The maximum Gasteiger partial charge on any atom is 0.326 e. The van der Waals surface area contributed by atoms with E-state index in [-0.39, 0.29) is 28.1 Å². The number of hydrogen-bond donors (Lipinski definition) is 1. The van der Waals surface area contributed by atoms with Gasteiger partial charge < -0.3 is 14.6 Å². The first-order valence-electron chi connectivity index (χ1n) is 11.5. The lowest BCUT2D eigenvalue weighted by molar-refractivity contribution is 0.0691. The van der Waals surface area contributed by atoms with Gasteiger partial charge in [-0.3, -0.25) is 9.36 Å². The van der Waals surface area contributed by atoms with Crippen molar-refractivity contribution in [1.29, 1.82) is 0 Å². The van der Waals surface area contributed by atoms with E-state index in [2.05, 4.69) is 4.98 Å². The second-order valence-electron chi connectivity index (χ2n) is 8.29. The summed E-state index contributed by atoms with van der Waals surface area (Å²) in [5, 5.41) is 0. The molecule has 10 heteroatoms. The summed E-state index contributed by atoms with van der Waals surface area (Å²) in [5.74, 6) is 0.0524. The fourth-order valence-electron chi connectivity index (χ4n) is 4.66. The van der Waals surface area contributed by atoms with Crippen molar-refractivity contribution >= 4 is 27.0 Å². The Morgan fingerprint density at radius 2 is 1.79 bits per heavy atom. The molecule has 1 amide bonds. The van der Waals surface area contributed by atoms with Crippen LogP contribution in [-0.2, 0) is 10.0 Å². The van der Waals surface area contributed by atoms with Gasteiger partial charge in [0.2, 0.25) is 10.0 Å². The van der Waals surface area contributed by atoms with Crippen LogP contribution in [0.2, 0.25) is 0 Å². The summed E-state index contributed by atoms with van der Waals surface area (Å²) in [4.78, 5) is 30.6. The van der Waals surface area contributed by atoms with Crippen molar-refractivity contribution in [1.82, 2.24) is 18.8 Å². The molecule has 0 atom stereocenters. The lowest BCUT2D eigenvalue weighted by Crippen LogP contribution is -2.40. The Morgan fingerprint density at radius 1 is 1.12 bits per heavy atom. The van der Waals surface area contributed by atoms with Crippen molar-refractivity contribution in [3.05, 3.63) is 58.5 Å². The Bertz CT molecular complexity index is 1350. The van der Waals surface area contributed by atoms with Gasteiger partial charge in [-0.2, -0.15) is 4.31 Å². The molecule has 1 aromatic heterocycles. The second kappa shape index (κ2) is 9.63. The number of rotatable bonds is 7. The number of H-pyrrole nitrogens is 1. The first kappa shape index (κ1) is 24.0. The van der Waals surface area contributed by atoms with E-state index >= 15 is 0 Å². The number of sulfonamides is 1. The molecule has 1 fully saturated rings. The number of methoxy groups -OCH3 is 1. The van der Waals surface area contributed by atoms with Crippen LogP contribution in [0.25, 0.3) is 11.0 Å². The first-order valence-corrected chi connectivity index (χ1v) is 12.9. The molecule has 1 aliphatic heterocycles. The van der Waals surface area contributed by atoms with E-state index in [4.69, 9.17) is 4.74 Å². The van der Waals surface area contributed by atoms with Crippen molar-refractivity contribution in [3.8, 4) is 5.75 Å². The van der Waals surface area contributed by atoms with Gasteiger partial charge in [-0.25, -0.2) is 13.2 Å². The summed E-state index contributed by atoms with van der Waals surface area (Å²) < 4.78 is 34.5. The van der Waals surface area contributed by atoms with E-state index in [0.29, 0.717) is 44.8 Å². The number of nitrogens with zero attached hydrogens (tertiary/aromatic N) is 3. The number of aromatic amines is 1. The standard InChI is InChI=1S/C24H30N4O5S/c1-4-27(5-2)34(31,32)18-10-11-22(33-3)19(16-18)23(29)26-14-12-17(13-15-26)28-21-9-7-6-8-20(21)25-24(28)30/h6-11,16-17H,4-5,12-15H2,1-3H3,(H,25,30). The molecular weight excluding hydrogens is 456 g/mol. The predicted molar refractivity (Wildman–Crippen MR) is 130 cm³/mol. The van der Waals surface area contributed by atoms with Gasteiger partial charge in [0.25, 0.3) is 5.91 Å². The molecule has 0 unspecified atom stereocenters. The highest BCUT2D eigenvalue weighted by molar-refractivity contribution is 7.89. The molecule has 0 bridgehead atoms. The van der Waals surface area contributed by atoms with Crippen molar-refractivity contribution < 1.29 is 17.9 Å². The number of nitrogens with one attached hydrogen (secondary N) is 1. The molecular formula is C24H30N4O5S. The number of carbonyl (C=O) groups is 1. The van der Waals surface area contributed by atoms with Crippen molar-refractivity contribution in [3.63, 3.8) is 0 Å². The monoisotopic (exact) mass is 486 g/mol. The molecule has 0 saturated carbocycles. The third kappa shape index (κ3) is 4.23. The molecule has 9 nitrogen and oxygen atoms in total. The molecule has 1 N–H and O–H groups in total. The number of hydrogen-bond acceptors (Lipinski definition) is 5. The SMILES string of the molecule is CCN(CC)S(=O)(=O)c1ccc(OC)c(C(=O)N2CCC(n3c(=O)[nH]c4ccccc43)CC2)c1. The van der Waals surface area contributed by atoms with Crippen LogP contribution in [0.3, 0.4) is 0 Å². The molecule has 3 aromatic rings. The molecule has 0 radical (unpaired) electrons. The van der Waals surface area contributed by atoms with Crippen molar-refractivity contribution in [2.45, 2.75) is 37.6 Å². The first-order chi connectivity index (χ1) is 16.3. The van der Waals surface area contributed by atoms with Gasteiger partial charge in [-0.15, -0.1) is 0 Å². The summed E-state index contributed by atoms with van der Waals surface area (Å²) in [7, 11) is -2.25. The van der Waals surface area contributed by atoms with Gasteiger partial charge in [0.15, 0.2) is 0 Å². The van der Waals surface area contributed by atoms with E-state index in [1.807, 2.05) is 24.3 Å². The Hall–Kier alpha value is -3.11. The smallest absolute Gasteiger partial charge is 0.326 e. The highest BCUT2D eigenvalue weighted by Gasteiger charge is 2.30. The lowest BCUT2D eigenvalue weighted by Gasteiger charge is -2.33. The highest BCUT2D eigenvalue weighted by atomic mass is 32.2. The topological polar surface area (TPSA) is 105 Å². The largest absolute Gasteiger partial charge is 0.496 e. The number of para-hydroxylation sites is 2. The van der Waals surface area contributed by atoms with Crippen LogP contribution in [0.15, 0.2) is 52.2 Å². The number of imidazole rings is 1. The normalized spacial score (nSPS) is 15.2. The average Bonchev–Trinajstić information content (AvgIpc) is 3.19. The van der Waals surface area contributed by atoms with Crippen LogP contribution in [0, 0.1) is 0 Å². The Kier molecular flexibility index (Phi) is 6.81. The zero-order chi connectivity index (χ0) is 24.5. The molecule has 4 rings (SSSR count). The van der Waals surface area contributed by atoms with E-state index in [1.165, 1.54) is 29.6 Å². The molecule has 2 aromatic carbocycles. The summed E-state index contributed by atoms with van der Waals surface area (Å²) in [6, 6.07) is 12.0. The van der Waals surface area contributed by atoms with Gasteiger partial charge >= 0.3 is 5.69 Å². The number of piperidine rings is 1.